The largest absolute Gasteiger partial charge is 0.385 e. The van der Waals surface area contributed by atoms with Gasteiger partial charge in [0.15, 0.2) is 0 Å². The van der Waals surface area contributed by atoms with E-state index in [-0.39, 0.29) is 0 Å². The van der Waals surface area contributed by atoms with Crippen LogP contribution in [0.5, 0.6) is 0 Å². The molecule has 0 unspecified atom stereocenters. The van der Waals surface area contributed by atoms with Crippen LogP contribution in [0.3, 0.4) is 0 Å². The summed E-state index contributed by atoms with van der Waals surface area (Å²) in [5, 5.41) is 6.72. The molecule has 2 N–H and O–H groups in total. The van der Waals surface area contributed by atoms with Crippen molar-refractivity contribution in [3.63, 3.8) is 0 Å². The Balaban J connectivity index is 1.98. The van der Waals surface area contributed by atoms with Crippen LogP contribution in [0.2, 0.25) is 0 Å². The van der Waals surface area contributed by atoms with Crippen LogP contribution in [0.1, 0.15) is 13.3 Å². The second-order valence-electron chi connectivity index (χ2n) is 4.00. The SMILES string of the molecule is CCCNc1ccc(Nc2ccccc2)cc1. The number of benzene rings is 2. The first-order chi connectivity index (χ1) is 8.38. The zero-order valence-electron chi connectivity index (χ0n) is 10.1. The van der Waals surface area contributed by atoms with E-state index in [1.165, 1.54) is 5.69 Å². The molecule has 0 bridgehead atoms. The summed E-state index contributed by atoms with van der Waals surface area (Å²) in [6, 6.07) is 18.6. The zero-order valence-corrected chi connectivity index (χ0v) is 10.1. The lowest BCUT2D eigenvalue weighted by atomic mass is 10.2. The van der Waals surface area contributed by atoms with Crippen LogP contribution in [0, 0.1) is 0 Å². The lowest BCUT2D eigenvalue weighted by molar-refractivity contribution is 0.980. The van der Waals surface area contributed by atoms with Gasteiger partial charge in [0.1, 0.15) is 0 Å². The Labute approximate surface area is 103 Å². The maximum absolute atomic E-state index is 3.36. The lowest BCUT2D eigenvalue weighted by Crippen LogP contribution is -1.99. The zero-order chi connectivity index (χ0) is 11.9. The molecule has 2 rings (SSSR count). The van der Waals surface area contributed by atoms with E-state index in [2.05, 4.69) is 54.0 Å². The van der Waals surface area contributed by atoms with Gasteiger partial charge in [0.05, 0.1) is 0 Å². The third-order valence-corrected chi connectivity index (χ3v) is 2.53. The van der Waals surface area contributed by atoms with Gasteiger partial charge in [-0.3, -0.25) is 0 Å². The molecule has 0 amide bonds. The van der Waals surface area contributed by atoms with Crippen LogP contribution in [0.4, 0.5) is 17.1 Å². The number of nitrogens with one attached hydrogen (secondary N) is 2. The minimum atomic E-state index is 1.02. The Bertz CT molecular complexity index is 434. The van der Waals surface area contributed by atoms with Gasteiger partial charge in [-0.25, -0.2) is 0 Å². The first-order valence-electron chi connectivity index (χ1n) is 6.04. The van der Waals surface area contributed by atoms with Crippen molar-refractivity contribution in [2.45, 2.75) is 13.3 Å². The van der Waals surface area contributed by atoms with Crippen LogP contribution >= 0.6 is 0 Å². The molecule has 0 aliphatic carbocycles. The molecule has 0 atom stereocenters. The Morgan fingerprint density at radius 3 is 2.00 bits per heavy atom. The summed E-state index contributed by atoms with van der Waals surface area (Å²) in [6.07, 6.45) is 1.14. The van der Waals surface area contributed by atoms with Crippen molar-refractivity contribution in [1.29, 1.82) is 0 Å². The molecule has 0 aliphatic rings. The normalized spacial score (nSPS) is 9.94. The van der Waals surface area contributed by atoms with E-state index in [0.717, 1.165) is 24.3 Å². The van der Waals surface area contributed by atoms with Crippen LogP contribution < -0.4 is 10.6 Å². The van der Waals surface area contributed by atoms with Crippen molar-refractivity contribution in [3.05, 3.63) is 54.6 Å². The highest BCUT2D eigenvalue weighted by molar-refractivity contribution is 5.62. The molecule has 0 saturated heterocycles. The first-order valence-corrected chi connectivity index (χ1v) is 6.04. The third-order valence-electron chi connectivity index (χ3n) is 2.53. The quantitative estimate of drug-likeness (QED) is 0.796. The molecule has 0 aromatic heterocycles. The molecule has 0 fully saturated rings. The molecule has 0 radical (unpaired) electrons. The molecule has 0 saturated carbocycles. The van der Waals surface area contributed by atoms with Crippen molar-refractivity contribution in [2.24, 2.45) is 0 Å². The second-order valence-corrected chi connectivity index (χ2v) is 4.00. The molecule has 2 aromatic carbocycles. The second kappa shape index (κ2) is 5.94. The molecule has 88 valence electrons. The van der Waals surface area contributed by atoms with Crippen LogP contribution in [-0.4, -0.2) is 6.54 Å². The molecule has 2 heteroatoms. The Morgan fingerprint density at radius 2 is 1.35 bits per heavy atom. The summed E-state index contributed by atoms with van der Waals surface area (Å²) >= 11 is 0. The molecule has 0 aliphatic heterocycles. The molecule has 0 heterocycles. The van der Waals surface area contributed by atoms with Crippen molar-refractivity contribution in [3.8, 4) is 0 Å². The van der Waals surface area contributed by atoms with E-state index in [1.54, 1.807) is 0 Å². The Morgan fingerprint density at radius 1 is 0.765 bits per heavy atom. The standard InChI is InChI=1S/C15H18N2/c1-2-12-16-13-8-10-15(11-9-13)17-14-6-4-3-5-7-14/h3-11,16-17H,2,12H2,1H3. The maximum atomic E-state index is 3.36. The molecular weight excluding hydrogens is 208 g/mol. The smallest absolute Gasteiger partial charge is 0.0385 e. The number of hydrogen-bond donors (Lipinski definition) is 2. The van der Waals surface area contributed by atoms with Gasteiger partial charge in [0, 0.05) is 23.6 Å². The molecule has 2 nitrogen and oxygen atoms in total. The van der Waals surface area contributed by atoms with E-state index in [9.17, 15) is 0 Å². The summed E-state index contributed by atoms with van der Waals surface area (Å²) in [4.78, 5) is 0. The topological polar surface area (TPSA) is 24.1 Å². The van der Waals surface area contributed by atoms with Crippen molar-refractivity contribution in [2.75, 3.05) is 17.2 Å². The number of hydrogen-bond acceptors (Lipinski definition) is 2. The molecule has 0 spiro atoms. The average molecular weight is 226 g/mol. The van der Waals surface area contributed by atoms with Gasteiger partial charge in [0.25, 0.3) is 0 Å². The van der Waals surface area contributed by atoms with E-state index in [0.29, 0.717) is 0 Å². The maximum Gasteiger partial charge on any atom is 0.0385 e. The van der Waals surface area contributed by atoms with Gasteiger partial charge in [-0.05, 0) is 42.8 Å². The van der Waals surface area contributed by atoms with Crippen LogP contribution in [0.25, 0.3) is 0 Å². The summed E-state index contributed by atoms with van der Waals surface area (Å²) < 4.78 is 0. The number of rotatable bonds is 5. The highest BCUT2D eigenvalue weighted by atomic mass is 14.9. The average Bonchev–Trinajstić information content (AvgIpc) is 2.39. The predicted molar refractivity (Wildman–Crippen MR) is 74.9 cm³/mol. The monoisotopic (exact) mass is 226 g/mol. The van der Waals surface area contributed by atoms with Crippen LogP contribution in [-0.2, 0) is 0 Å². The van der Waals surface area contributed by atoms with Crippen molar-refractivity contribution < 1.29 is 0 Å². The third kappa shape index (κ3) is 3.52. The Hall–Kier alpha value is -1.96. The molecule has 2 aromatic rings. The van der Waals surface area contributed by atoms with E-state index in [4.69, 9.17) is 0 Å². The summed E-state index contributed by atoms with van der Waals surface area (Å²) in [5.41, 5.74) is 3.39. The number of anilines is 3. The van der Waals surface area contributed by atoms with Gasteiger partial charge in [0.2, 0.25) is 0 Å². The van der Waals surface area contributed by atoms with E-state index < -0.39 is 0 Å². The highest BCUT2D eigenvalue weighted by Gasteiger charge is 1.94. The van der Waals surface area contributed by atoms with Gasteiger partial charge in [-0.15, -0.1) is 0 Å². The minimum absolute atomic E-state index is 1.02. The summed E-state index contributed by atoms with van der Waals surface area (Å²) in [5.74, 6) is 0. The molecule has 17 heavy (non-hydrogen) atoms. The summed E-state index contributed by atoms with van der Waals surface area (Å²) in [6.45, 7) is 3.18. The van der Waals surface area contributed by atoms with Gasteiger partial charge < -0.3 is 10.6 Å². The van der Waals surface area contributed by atoms with Crippen molar-refractivity contribution in [1.82, 2.24) is 0 Å². The van der Waals surface area contributed by atoms with Gasteiger partial charge in [-0.1, -0.05) is 25.1 Å². The van der Waals surface area contributed by atoms with E-state index in [1.807, 2.05) is 18.2 Å². The molecular formula is C15H18N2. The van der Waals surface area contributed by atoms with Crippen LogP contribution in [0.15, 0.2) is 54.6 Å². The van der Waals surface area contributed by atoms with E-state index >= 15 is 0 Å². The predicted octanol–water partition coefficient (Wildman–Crippen LogP) is 4.25. The van der Waals surface area contributed by atoms with Gasteiger partial charge in [-0.2, -0.15) is 0 Å². The van der Waals surface area contributed by atoms with Gasteiger partial charge >= 0.3 is 0 Å². The Kier molecular flexibility index (Phi) is 4.03. The summed E-state index contributed by atoms with van der Waals surface area (Å²) in [7, 11) is 0. The lowest BCUT2D eigenvalue weighted by Gasteiger charge is -2.08. The fraction of sp³-hybridized carbons (Fsp3) is 0.200. The fourth-order valence-corrected chi connectivity index (χ4v) is 1.63. The fourth-order valence-electron chi connectivity index (χ4n) is 1.63. The first kappa shape index (κ1) is 11.5. The number of para-hydroxylation sites is 1. The van der Waals surface area contributed by atoms with Crippen molar-refractivity contribution >= 4 is 17.1 Å². The highest BCUT2D eigenvalue weighted by Crippen LogP contribution is 2.18. The minimum Gasteiger partial charge on any atom is -0.385 e.